The molecule has 2 aromatic heterocycles. The van der Waals surface area contributed by atoms with Crippen LogP contribution in [0.15, 0.2) is 47.4 Å². The Morgan fingerprint density at radius 2 is 1.83 bits per heavy atom. The van der Waals surface area contributed by atoms with Crippen LogP contribution in [0.3, 0.4) is 0 Å². The first-order valence-electron chi connectivity index (χ1n) is 10.7. The third-order valence-corrected chi connectivity index (χ3v) is 6.04. The number of nitrogens with one attached hydrogen (secondary N) is 3. The molecule has 1 aromatic carbocycles. The average molecular weight is 406 g/mol. The van der Waals surface area contributed by atoms with Gasteiger partial charge in [-0.1, -0.05) is 0 Å². The smallest absolute Gasteiger partial charge is 0.259 e. The van der Waals surface area contributed by atoms with Gasteiger partial charge in [0.25, 0.3) is 5.56 Å². The molecule has 0 amide bonds. The van der Waals surface area contributed by atoms with E-state index in [1.54, 1.807) is 6.20 Å². The summed E-state index contributed by atoms with van der Waals surface area (Å²) in [6, 6.07) is 12.3. The Hall–Kier alpha value is -2.90. The lowest BCUT2D eigenvalue weighted by Gasteiger charge is -2.29. The highest BCUT2D eigenvalue weighted by atomic mass is 16.5. The van der Waals surface area contributed by atoms with Crippen molar-refractivity contribution < 1.29 is 4.74 Å². The minimum atomic E-state index is -0.121. The number of pyridine rings is 2. The zero-order valence-electron chi connectivity index (χ0n) is 17.0. The monoisotopic (exact) mass is 405 g/mol. The van der Waals surface area contributed by atoms with Crippen LogP contribution >= 0.6 is 0 Å². The molecule has 30 heavy (non-hydrogen) atoms. The minimum Gasteiger partial charge on any atom is -0.378 e. The van der Waals surface area contributed by atoms with E-state index in [4.69, 9.17) is 9.72 Å². The Morgan fingerprint density at radius 3 is 2.60 bits per heavy atom. The van der Waals surface area contributed by atoms with E-state index in [0.717, 1.165) is 69.0 Å². The topological polar surface area (TPSA) is 82.3 Å². The molecule has 0 saturated carbocycles. The number of hydrogen-bond acceptors (Lipinski definition) is 6. The van der Waals surface area contributed by atoms with Gasteiger partial charge in [-0.2, -0.15) is 0 Å². The quantitative estimate of drug-likeness (QED) is 0.619. The third kappa shape index (κ3) is 3.91. The Morgan fingerprint density at radius 1 is 1.07 bits per heavy atom. The number of fused-ring (bicyclic) bond motifs is 1. The molecule has 2 saturated heterocycles. The van der Waals surface area contributed by atoms with Crippen LogP contribution in [0, 0.1) is 0 Å². The molecule has 0 atom stereocenters. The summed E-state index contributed by atoms with van der Waals surface area (Å²) in [6.45, 7) is 5.36. The van der Waals surface area contributed by atoms with Gasteiger partial charge in [-0.15, -0.1) is 0 Å². The number of rotatable bonds is 4. The number of morpholine rings is 1. The number of piperidine rings is 1. The molecule has 4 heterocycles. The van der Waals surface area contributed by atoms with Gasteiger partial charge < -0.3 is 25.3 Å². The highest BCUT2D eigenvalue weighted by molar-refractivity contribution is 5.93. The van der Waals surface area contributed by atoms with Gasteiger partial charge in [-0.25, -0.2) is 4.98 Å². The number of nitrogens with zero attached hydrogens (tertiary/aromatic N) is 2. The molecule has 2 aliphatic heterocycles. The maximum absolute atomic E-state index is 12.6. The number of benzene rings is 1. The summed E-state index contributed by atoms with van der Waals surface area (Å²) in [5.74, 6) is 1.04. The van der Waals surface area contributed by atoms with Gasteiger partial charge in [0, 0.05) is 42.3 Å². The van der Waals surface area contributed by atoms with Crippen LogP contribution in [0.2, 0.25) is 0 Å². The lowest BCUT2D eigenvalue weighted by Crippen LogP contribution is -2.36. The normalized spacial score (nSPS) is 17.9. The van der Waals surface area contributed by atoms with E-state index in [2.05, 4.69) is 38.7 Å². The van der Waals surface area contributed by atoms with Crippen LogP contribution in [-0.4, -0.2) is 49.4 Å². The molecule has 0 radical (unpaired) electrons. The summed E-state index contributed by atoms with van der Waals surface area (Å²) in [5, 5.41) is 8.34. The van der Waals surface area contributed by atoms with Crippen molar-refractivity contribution in [1.82, 2.24) is 15.3 Å². The number of aromatic nitrogens is 2. The predicted molar refractivity (Wildman–Crippen MR) is 120 cm³/mol. The number of H-pyrrole nitrogens is 1. The van der Waals surface area contributed by atoms with Crippen LogP contribution in [0.25, 0.3) is 10.8 Å². The molecule has 7 nitrogen and oxygen atoms in total. The zero-order valence-corrected chi connectivity index (χ0v) is 17.0. The number of hydrogen-bond donors (Lipinski definition) is 3. The van der Waals surface area contributed by atoms with Crippen LogP contribution in [0.4, 0.5) is 17.2 Å². The number of aromatic amines is 1. The molecule has 2 fully saturated rings. The van der Waals surface area contributed by atoms with Crippen molar-refractivity contribution in [3.05, 3.63) is 58.6 Å². The van der Waals surface area contributed by atoms with Gasteiger partial charge in [0.05, 0.1) is 18.6 Å². The summed E-state index contributed by atoms with van der Waals surface area (Å²) >= 11 is 0. The number of ether oxygens (including phenoxy) is 1. The van der Waals surface area contributed by atoms with Gasteiger partial charge in [0.1, 0.15) is 5.82 Å². The highest BCUT2D eigenvalue weighted by Crippen LogP contribution is 2.30. The van der Waals surface area contributed by atoms with Gasteiger partial charge in [-0.05, 0) is 67.7 Å². The molecule has 156 valence electrons. The predicted octanol–water partition coefficient (Wildman–Crippen LogP) is 2.97. The van der Waals surface area contributed by atoms with Crippen LogP contribution < -0.4 is 21.1 Å². The molecule has 0 unspecified atom stereocenters. The van der Waals surface area contributed by atoms with E-state index in [1.165, 1.54) is 5.69 Å². The molecule has 3 aromatic rings. The molecule has 7 heteroatoms. The maximum atomic E-state index is 12.6. The molecular weight excluding hydrogens is 378 g/mol. The minimum absolute atomic E-state index is 0.121. The fourth-order valence-electron chi connectivity index (χ4n) is 4.37. The van der Waals surface area contributed by atoms with Gasteiger partial charge >= 0.3 is 0 Å². The average Bonchev–Trinajstić information content (AvgIpc) is 2.81. The van der Waals surface area contributed by atoms with E-state index in [9.17, 15) is 4.79 Å². The van der Waals surface area contributed by atoms with Crippen molar-refractivity contribution in [2.75, 3.05) is 49.6 Å². The second-order valence-corrected chi connectivity index (χ2v) is 7.96. The molecule has 0 spiro atoms. The van der Waals surface area contributed by atoms with Gasteiger partial charge in [-0.3, -0.25) is 4.79 Å². The lowest BCUT2D eigenvalue weighted by atomic mass is 9.93. The largest absolute Gasteiger partial charge is 0.378 e. The van der Waals surface area contributed by atoms with Crippen LogP contribution in [-0.2, 0) is 4.74 Å². The van der Waals surface area contributed by atoms with Crippen LogP contribution in [0.1, 0.15) is 24.5 Å². The van der Waals surface area contributed by atoms with Crippen molar-refractivity contribution in [2.45, 2.75) is 18.8 Å². The molecule has 3 N–H and O–H groups in total. The molecule has 0 bridgehead atoms. The van der Waals surface area contributed by atoms with Crippen molar-refractivity contribution in [1.29, 1.82) is 0 Å². The molecular formula is C23H27N5O2. The lowest BCUT2D eigenvalue weighted by molar-refractivity contribution is 0.122. The summed E-state index contributed by atoms with van der Waals surface area (Å²) in [5.41, 5.74) is 3.04. The van der Waals surface area contributed by atoms with Crippen molar-refractivity contribution >= 4 is 28.0 Å². The second-order valence-electron chi connectivity index (χ2n) is 7.96. The second kappa shape index (κ2) is 8.45. The summed E-state index contributed by atoms with van der Waals surface area (Å²) in [6.07, 6.45) is 3.84. The Kier molecular flexibility index (Phi) is 5.38. The molecule has 0 aliphatic carbocycles. The fraction of sp³-hybridized carbons (Fsp3) is 0.391. The van der Waals surface area contributed by atoms with Gasteiger partial charge in [0.15, 0.2) is 0 Å². The fourth-order valence-corrected chi connectivity index (χ4v) is 4.37. The first-order chi connectivity index (χ1) is 14.8. The Bertz CT molecular complexity index is 1070. The van der Waals surface area contributed by atoms with E-state index in [-0.39, 0.29) is 5.56 Å². The van der Waals surface area contributed by atoms with E-state index < -0.39 is 0 Å². The molecule has 2 aliphatic rings. The van der Waals surface area contributed by atoms with E-state index in [0.29, 0.717) is 17.1 Å². The SMILES string of the molecule is O=c1[nH]ccc2cc(C3CCNCC3)nc(Nc3ccc(N4CCOCC4)cc3)c12. The first-order valence-corrected chi connectivity index (χ1v) is 10.7. The van der Waals surface area contributed by atoms with Crippen molar-refractivity contribution in [3.63, 3.8) is 0 Å². The number of anilines is 3. The zero-order chi connectivity index (χ0) is 20.3. The summed E-state index contributed by atoms with van der Waals surface area (Å²) < 4.78 is 5.44. The Balaban J connectivity index is 1.47. The maximum Gasteiger partial charge on any atom is 0.259 e. The summed E-state index contributed by atoms with van der Waals surface area (Å²) in [7, 11) is 0. The van der Waals surface area contributed by atoms with E-state index in [1.807, 2.05) is 18.2 Å². The Labute approximate surface area is 175 Å². The highest BCUT2D eigenvalue weighted by Gasteiger charge is 2.19. The third-order valence-electron chi connectivity index (χ3n) is 6.04. The van der Waals surface area contributed by atoms with Crippen LogP contribution in [0.5, 0.6) is 0 Å². The first kappa shape index (κ1) is 19.1. The summed E-state index contributed by atoms with van der Waals surface area (Å²) in [4.78, 5) is 22.6. The van der Waals surface area contributed by atoms with E-state index >= 15 is 0 Å². The van der Waals surface area contributed by atoms with Gasteiger partial charge in [0.2, 0.25) is 0 Å². The molecule has 5 rings (SSSR count). The standard InChI is InChI=1S/C23H27N5O2/c29-23-21-17(7-10-25-23)15-20(16-5-8-24-9-6-16)27-22(21)26-18-1-3-19(4-2-18)28-11-13-30-14-12-28/h1-4,7,10,15-16,24H,5-6,8-9,11-14H2,(H,25,29)(H,26,27). The van der Waals surface area contributed by atoms with Crippen molar-refractivity contribution in [2.24, 2.45) is 0 Å². The van der Waals surface area contributed by atoms with Crippen molar-refractivity contribution in [3.8, 4) is 0 Å².